The third-order valence-electron chi connectivity index (χ3n) is 4.52. The van der Waals surface area contributed by atoms with Crippen LogP contribution >= 0.6 is 0 Å². The van der Waals surface area contributed by atoms with Gasteiger partial charge in [-0.3, -0.25) is 4.99 Å². The number of aliphatic imine (C=N–C) groups is 1. The van der Waals surface area contributed by atoms with Gasteiger partial charge in [-0.25, -0.2) is 0 Å². The summed E-state index contributed by atoms with van der Waals surface area (Å²) >= 11 is 0. The van der Waals surface area contributed by atoms with Crippen molar-refractivity contribution in [2.45, 2.75) is 19.6 Å². The number of hydrogen-bond donors (Lipinski definition) is 1. The molecular weight excluding hydrogens is 352 g/mol. The molecule has 0 unspecified atom stereocenters. The smallest absolute Gasteiger partial charge is 0.193 e. The van der Waals surface area contributed by atoms with Gasteiger partial charge >= 0.3 is 0 Å². The van der Waals surface area contributed by atoms with Gasteiger partial charge in [0.25, 0.3) is 0 Å². The molecule has 0 aliphatic heterocycles. The fourth-order valence-electron chi connectivity index (χ4n) is 3.10. The predicted molar refractivity (Wildman–Crippen MR) is 115 cm³/mol. The SMILES string of the molecule is CN=C(NCc1ccccc1CN(C)C)N(C)Cc1ccc(OC)cc1OC. The Morgan fingerprint density at radius 1 is 0.929 bits per heavy atom. The highest BCUT2D eigenvalue weighted by molar-refractivity contribution is 5.79. The Morgan fingerprint density at radius 2 is 1.64 bits per heavy atom. The van der Waals surface area contributed by atoms with E-state index in [1.807, 2.05) is 25.2 Å². The minimum atomic E-state index is 0.673. The summed E-state index contributed by atoms with van der Waals surface area (Å²) in [5.74, 6) is 2.42. The first-order chi connectivity index (χ1) is 13.5. The molecule has 0 saturated heterocycles. The Hall–Kier alpha value is -2.73. The zero-order valence-corrected chi connectivity index (χ0v) is 17.8. The lowest BCUT2D eigenvalue weighted by Gasteiger charge is -2.24. The molecule has 0 amide bonds. The van der Waals surface area contributed by atoms with E-state index in [1.54, 1.807) is 21.3 Å². The highest BCUT2D eigenvalue weighted by Gasteiger charge is 2.12. The fraction of sp³-hybridized carbons (Fsp3) is 0.409. The van der Waals surface area contributed by atoms with Gasteiger partial charge in [0.2, 0.25) is 0 Å². The van der Waals surface area contributed by atoms with E-state index in [0.29, 0.717) is 6.54 Å². The van der Waals surface area contributed by atoms with Gasteiger partial charge in [0.05, 0.1) is 14.2 Å². The van der Waals surface area contributed by atoms with Crippen molar-refractivity contribution in [2.24, 2.45) is 4.99 Å². The van der Waals surface area contributed by atoms with Crippen molar-refractivity contribution in [3.63, 3.8) is 0 Å². The van der Waals surface area contributed by atoms with Gasteiger partial charge in [-0.15, -0.1) is 0 Å². The molecule has 0 fully saturated rings. The molecule has 0 aromatic heterocycles. The molecular formula is C22H32N4O2. The van der Waals surface area contributed by atoms with Crippen LogP contribution in [0.25, 0.3) is 0 Å². The first-order valence-electron chi connectivity index (χ1n) is 9.32. The van der Waals surface area contributed by atoms with Crippen LogP contribution in [-0.4, -0.2) is 58.2 Å². The topological polar surface area (TPSA) is 49.3 Å². The maximum Gasteiger partial charge on any atom is 0.193 e. The first-order valence-corrected chi connectivity index (χ1v) is 9.32. The molecule has 0 spiro atoms. The molecule has 28 heavy (non-hydrogen) atoms. The predicted octanol–water partition coefficient (Wildman–Crippen LogP) is 2.97. The van der Waals surface area contributed by atoms with Gasteiger partial charge in [-0.2, -0.15) is 0 Å². The molecule has 2 rings (SSSR count). The summed E-state index contributed by atoms with van der Waals surface area (Å²) < 4.78 is 10.8. The normalized spacial score (nSPS) is 11.5. The Labute approximate surface area is 168 Å². The minimum Gasteiger partial charge on any atom is -0.497 e. The van der Waals surface area contributed by atoms with Gasteiger partial charge < -0.3 is 24.6 Å². The summed E-state index contributed by atoms with van der Waals surface area (Å²) in [6, 6.07) is 14.4. The van der Waals surface area contributed by atoms with Crippen molar-refractivity contribution in [3.8, 4) is 11.5 Å². The van der Waals surface area contributed by atoms with Crippen molar-refractivity contribution in [1.82, 2.24) is 15.1 Å². The average molecular weight is 385 g/mol. The molecule has 0 aliphatic rings. The second-order valence-corrected chi connectivity index (χ2v) is 6.94. The van der Waals surface area contributed by atoms with E-state index in [4.69, 9.17) is 9.47 Å². The van der Waals surface area contributed by atoms with Gasteiger partial charge in [-0.05, 0) is 37.4 Å². The zero-order valence-electron chi connectivity index (χ0n) is 17.8. The molecule has 2 aromatic carbocycles. The van der Waals surface area contributed by atoms with Crippen LogP contribution in [0.15, 0.2) is 47.5 Å². The van der Waals surface area contributed by atoms with E-state index in [0.717, 1.165) is 36.1 Å². The number of benzene rings is 2. The molecule has 0 atom stereocenters. The lowest BCUT2D eigenvalue weighted by molar-refractivity contribution is 0.382. The van der Waals surface area contributed by atoms with E-state index in [1.165, 1.54) is 11.1 Å². The molecule has 6 nitrogen and oxygen atoms in total. The number of ether oxygens (including phenoxy) is 2. The monoisotopic (exact) mass is 384 g/mol. The summed E-state index contributed by atoms with van der Waals surface area (Å²) in [5.41, 5.74) is 3.66. The summed E-state index contributed by atoms with van der Waals surface area (Å²) in [7, 11) is 11.3. The number of nitrogens with one attached hydrogen (secondary N) is 1. The number of hydrogen-bond acceptors (Lipinski definition) is 4. The molecule has 0 saturated carbocycles. The van der Waals surface area contributed by atoms with Crippen LogP contribution < -0.4 is 14.8 Å². The van der Waals surface area contributed by atoms with Gasteiger partial charge in [0.15, 0.2) is 5.96 Å². The molecule has 0 aliphatic carbocycles. The average Bonchev–Trinajstić information content (AvgIpc) is 2.69. The molecule has 152 valence electrons. The second-order valence-electron chi connectivity index (χ2n) is 6.94. The van der Waals surface area contributed by atoms with Crippen LogP contribution in [0.3, 0.4) is 0 Å². The second kappa shape index (κ2) is 10.6. The molecule has 1 N–H and O–H groups in total. The van der Waals surface area contributed by atoms with E-state index < -0.39 is 0 Å². The summed E-state index contributed by atoms with van der Waals surface area (Å²) in [6.45, 7) is 2.31. The molecule has 0 radical (unpaired) electrons. The van der Waals surface area contributed by atoms with Crippen LogP contribution in [0.2, 0.25) is 0 Å². The zero-order chi connectivity index (χ0) is 20.5. The Bertz CT molecular complexity index is 790. The number of methoxy groups -OCH3 is 2. The molecule has 2 aromatic rings. The van der Waals surface area contributed by atoms with E-state index in [2.05, 4.69) is 58.5 Å². The maximum absolute atomic E-state index is 5.51. The number of rotatable bonds is 8. The molecule has 6 heteroatoms. The van der Waals surface area contributed by atoms with E-state index >= 15 is 0 Å². The van der Waals surface area contributed by atoms with Crippen molar-refractivity contribution >= 4 is 5.96 Å². The van der Waals surface area contributed by atoms with Crippen LogP contribution in [-0.2, 0) is 19.6 Å². The quantitative estimate of drug-likeness (QED) is 0.560. The first kappa shape index (κ1) is 21.6. The van der Waals surface area contributed by atoms with Crippen LogP contribution in [0.5, 0.6) is 11.5 Å². The van der Waals surface area contributed by atoms with Gasteiger partial charge in [0, 0.05) is 45.4 Å². The van der Waals surface area contributed by atoms with Crippen LogP contribution in [0.1, 0.15) is 16.7 Å². The van der Waals surface area contributed by atoms with Crippen molar-refractivity contribution in [3.05, 3.63) is 59.2 Å². The minimum absolute atomic E-state index is 0.673. The Morgan fingerprint density at radius 3 is 2.25 bits per heavy atom. The largest absolute Gasteiger partial charge is 0.497 e. The van der Waals surface area contributed by atoms with Crippen molar-refractivity contribution in [2.75, 3.05) is 42.4 Å². The van der Waals surface area contributed by atoms with Gasteiger partial charge in [0.1, 0.15) is 11.5 Å². The Kier molecular flexibility index (Phi) is 8.14. The van der Waals surface area contributed by atoms with E-state index in [-0.39, 0.29) is 0 Å². The maximum atomic E-state index is 5.51. The fourth-order valence-corrected chi connectivity index (χ4v) is 3.10. The highest BCUT2D eigenvalue weighted by atomic mass is 16.5. The third-order valence-corrected chi connectivity index (χ3v) is 4.52. The lowest BCUT2D eigenvalue weighted by atomic mass is 10.1. The summed E-state index contributed by atoms with van der Waals surface area (Å²) in [4.78, 5) is 8.69. The van der Waals surface area contributed by atoms with Gasteiger partial charge in [-0.1, -0.05) is 24.3 Å². The van der Waals surface area contributed by atoms with Crippen LogP contribution in [0.4, 0.5) is 0 Å². The number of guanidine groups is 1. The molecule has 0 bridgehead atoms. The van der Waals surface area contributed by atoms with Crippen molar-refractivity contribution in [1.29, 1.82) is 0 Å². The Balaban J connectivity index is 2.06. The van der Waals surface area contributed by atoms with Crippen molar-refractivity contribution < 1.29 is 9.47 Å². The summed E-state index contributed by atoms with van der Waals surface area (Å²) in [6.07, 6.45) is 0. The molecule has 0 heterocycles. The highest BCUT2D eigenvalue weighted by Crippen LogP contribution is 2.25. The third kappa shape index (κ3) is 5.89. The van der Waals surface area contributed by atoms with Crippen LogP contribution in [0, 0.1) is 0 Å². The lowest BCUT2D eigenvalue weighted by Crippen LogP contribution is -2.38. The standard InChI is InChI=1S/C22H32N4O2/c1-23-22(24-14-17-9-7-8-10-18(17)15-25(2)3)26(4)16-19-11-12-20(27-5)13-21(19)28-6/h7-13H,14-16H2,1-6H3,(H,23,24). The van der Waals surface area contributed by atoms with E-state index in [9.17, 15) is 0 Å². The summed E-state index contributed by atoms with van der Waals surface area (Å²) in [5, 5.41) is 3.47. The number of nitrogens with zero attached hydrogens (tertiary/aromatic N) is 3.